The van der Waals surface area contributed by atoms with Crippen LogP contribution in [0, 0.1) is 5.92 Å². The first-order valence-corrected chi connectivity index (χ1v) is 5.97. The average Bonchev–Trinajstić information content (AvgIpc) is 2.37. The molecule has 1 atom stereocenters. The molecule has 0 aliphatic heterocycles. The number of hydrogen-bond acceptors (Lipinski definition) is 3. The molecule has 0 bridgehead atoms. The van der Waals surface area contributed by atoms with E-state index in [1.54, 1.807) is 17.2 Å². The van der Waals surface area contributed by atoms with E-state index < -0.39 is 0 Å². The summed E-state index contributed by atoms with van der Waals surface area (Å²) in [4.78, 5) is 17.9. The lowest BCUT2D eigenvalue weighted by Gasteiger charge is -2.20. The van der Waals surface area contributed by atoms with Crippen LogP contribution in [0.4, 0.5) is 5.69 Å². The molecule has 0 saturated heterocycles. The largest absolute Gasteiger partial charge is 0.387 e. The van der Waals surface area contributed by atoms with Crippen LogP contribution in [0.2, 0.25) is 0 Å². The number of carbonyl (C=O) groups excluding carboxylic acids is 1. The minimum Gasteiger partial charge on any atom is -0.387 e. The molecule has 0 aliphatic rings. The van der Waals surface area contributed by atoms with E-state index in [-0.39, 0.29) is 5.91 Å². The van der Waals surface area contributed by atoms with Crippen molar-refractivity contribution in [2.24, 2.45) is 5.92 Å². The van der Waals surface area contributed by atoms with Crippen LogP contribution < -0.4 is 5.32 Å². The summed E-state index contributed by atoms with van der Waals surface area (Å²) in [7, 11) is 3.65. The maximum atomic E-state index is 12.0. The summed E-state index contributed by atoms with van der Waals surface area (Å²) >= 11 is 0. The zero-order valence-electron chi connectivity index (χ0n) is 11.0. The summed E-state index contributed by atoms with van der Waals surface area (Å²) in [5.41, 5.74) is 1.40. The van der Waals surface area contributed by atoms with Gasteiger partial charge in [-0.05, 0) is 18.1 Å². The van der Waals surface area contributed by atoms with Crippen LogP contribution >= 0.6 is 0 Å². The van der Waals surface area contributed by atoms with Gasteiger partial charge in [-0.25, -0.2) is 4.98 Å². The number of rotatable bonds is 5. The zero-order valence-corrected chi connectivity index (χ0v) is 11.0. The summed E-state index contributed by atoms with van der Waals surface area (Å²) in [6.07, 6.45) is 2.74. The molecule has 0 fully saturated rings. The molecular weight excluding hydrogens is 214 g/mol. The van der Waals surface area contributed by atoms with E-state index in [4.69, 9.17) is 0 Å². The summed E-state index contributed by atoms with van der Waals surface area (Å²) in [5, 5.41) is 2.98. The number of pyridine rings is 1. The molecule has 1 unspecified atom stereocenters. The number of nitrogens with one attached hydrogen (secondary N) is 1. The molecule has 0 radical (unpaired) electrons. The zero-order chi connectivity index (χ0) is 12.8. The average molecular weight is 235 g/mol. The van der Waals surface area contributed by atoms with E-state index in [0.717, 1.165) is 18.7 Å². The molecule has 17 heavy (non-hydrogen) atoms. The summed E-state index contributed by atoms with van der Waals surface area (Å²) in [6, 6.07) is 3.61. The van der Waals surface area contributed by atoms with E-state index in [0.29, 0.717) is 11.6 Å². The number of carbonyl (C=O) groups is 1. The third-order valence-electron chi connectivity index (χ3n) is 2.90. The molecule has 1 aromatic heterocycles. The Morgan fingerprint density at radius 1 is 1.53 bits per heavy atom. The first kappa shape index (κ1) is 13.5. The Labute approximate surface area is 103 Å². The van der Waals surface area contributed by atoms with Gasteiger partial charge in [0, 0.05) is 20.6 Å². The highest BCUT2D eigenvalue weighted by Gasteiger charge is 2.14. The molecule has 1 aromatic rings. The normalized spacial score (nSPS) is 12.0. The molecule has 4 nitrogen and oxygen atoms in total. The van der Waals surface area contributed by atoms with Crippen molar-refractivity contribution in [2.75, 3.05) is 26.0 Å². The fourth-order valence-electron chi connectivity index (χ4n) is 1.54. The Bertz CT molecular complexity index is 361. The quantitative estimate of drug-likeness (QED) is 0.851. The van der Waals surface area contributed by atoms with E-state index >= 15 is 0 Å². The van der Waals surface area contributed by atoms with Crippen molar-refractivity contribution in [3.05, 3.63) is 24.0 Å². The van der Waals surface area contributed by atoms with E-state index in [1.165, 1.54) is 0 Å². The summed E-state index contributed by atoms with van der Waals surface area (Å²) in [6.45, 7) is 5.04. The molecule has 0 aromatic carbocycles. The number of nitrogens with zero attached hydrogens (tertiary/aromatic N) is 2. The highest BCUT2D eigenvalue weighted by atomic mass is 16.2. The fourth-order valence-corrected chi connectivity index (χ4v) is 1.54. The van der Waals surface area contributed by atoms with Crippen molar-refractivity contribution in [3.8, 4) is 0 Å². The minimum absolute atomic E-state index is 0.0204. The minimum atomic E-state index is -0.0204. The van der Waals surface area contributed by atoms with Gasteiger partial charge in [-0.15, -0.1) is 0 Å². The third kappa shape index (κ3) is 3.73. The van der Waals surface area contributed by atoms with Crippen LogP contribution in [0.3, 0.4) is 0 Å². The lowest BCUT2D eigenvalue weighted by molar-refractivity contribution is 0.0769. The predicted molar refractivity (Wildman–Crippen MR) is 70.2 cm³/mol. The van der Waals surface area contributed by atoms with Crippen molar-refractivity contribution >= 4 is 11.6 Å². The van der Waals surface area contributed by atoms with Gasteiger partial charge < -0.3 is 10.2 Å². The molecule has 1 amide bonds. The smallest absolute Gasteiger partial charge is 0.272 e. The molecule has 1 N–H and O–H groups in total. The Balaban J connectivity index is 2.67. The van der Waals surface area contributed by atoms with Gasteiger partial charge >= 0.3 is 0 Å². The Hall–Kier alpha value is -1.58. The van der Waals surface area contributed by atoms with Gasteiger partial charge in [0.1, 0.15) is 5.69 Å². The molecule has 94 valence electrons. The second-order valence-corrected chi connectivity index (χ2v) is 4.38. The molecule has 1 heterocycles. The maximum absolute atomic E-state index is 12.0. The van der Waals surface area contributed by atoms with Gasteiger partial charge in [0.05, 0.1) is 11.9 Å². The van der Waals surface area contributed by atoms with Crippen LogP contribution in [0.15, 0.2) is 18.3 Å². The number of hydrogen-bond donors (Lipinski definition) is 1. The second-order valence-electron chi connectivity index (χ2n) is 4.38. The van der Waals surface area contributed by atoms with Crippen LogP contribution in [-0.2, 0) is 0 Å². The second kappa shape index (κ2) is 6.23. The lowest BCUT2D eigenvalue weighted by Crippen LogP contribution is -2.31. The van der Waals surface area contributed by atoms with Crippen LogP contribution in [0.1, 0.15) is 30.8 Å². The van der Waals surface area contributed by atoms with Crippen LogP contribution in [0.5, 0.6) is 0 Å². The number of aromatic nitrogens is 1. The topological polar surface area (TPSA) is 45.2 Å². The van der Waals surface area contributed by atoms with E-state index in [9.17, 15) is 4.79 Å². The predicted octanol–water partition coefficient (Wildman–Crippen LogP) is 2.24. The molecule has 4 heteroatoms. The van der Waals surface area contributed by atoms with Gasteiger partial charge in [-0.1, -0.05) is 20.3 Å². The Morgan fingerprint density at radius 2 is 2.24 bits per heavy atom. The Kier molecular flexibility index (Phi) is 4.94. The highest BCUT2D eigenvalue weighted by Crippen LogP contribution is 2.09. The molecular formula is C13H21N3O. The molecule has 0 aliphatic carbocycles. The van der Waals surface area contributed by atoms with Gasteiger partial charge in [0.2, 0.25) is 0 Å². The van der Waals surface area contributed by atoms with Crippen molar-refractivity contribution in [3.63, 3.8) is 0 Å². The summed E-state index contributed by atoms with van der Waals surface area (Å²) in [5.74, 6) is 0.494. The van der Waals surface area contributed by atoms with Crippen molar-refractivity contribution < 1.29 is 4.79 Å². The van der Waals surface area contributed by atoms with E-state index in [2.05, 4.69) is 24.1 Å². The lowest BCUT2D eigenvalue weighted by atomic mass is 10.1. The van der Waals surface area contributed by atoms with Crippen LogP contribution in [-0.4, -0.2) is 36.4 Å². The third-order valence-corrected chi connectivity index (χ3v) is 2.90. The fraction of sp³-hybridized carbons (Fsp3) is 0.538. The van der Waals surface area contributed by atoms with Gasteiger partial charge in [-0.3, -0.25) is 4.79 Å². The van der Waals surface area contributed by atoms with Crippen molar-refractivity contribution in [2.45, 2.75) is 20.3 Å². The standard InChI is InChI=1S/C13H21N3O/c1-5-10(2)9-16(4)13(17)12-7-6-11(14-3)8-15-12/h6-8,10,14H,5,9H2,1-4H3. The summed E-state index contributed by atoms with van der Waals surface area (Å²) < 4.78 is 0. The SMILES string of the molecule is CCC(C)CN(C)C(=O)c1ccc(NC)cn1. The van der Waals surface area contributed by atoms with Crippen molar-refractivity contribution in [1.29, 1.82) is 0 Å². The first-order valence-electron chi connectivity index (χ1n) is 5.97. The van der Waals surface area contributed by atoms with Gasteiger partial charge in [-0.2, -0.15) is 0 Å². The number of amides is 1. The van der Waals surface area contributed by atoms with Gasteiger partial charge in [0.15, 0.2) is 0 Å². The molecule has 0 spiro atoms. The molecule has 0 saturated carbocycles. The first-order chi connectivity index (χ1) is 8.08. The Morgan fingerprint density at radius 3 is 2.71 bits per heavy atom. The highest BCUT2D eigenvalue weighted by molar-refractivity contribution is 5.92. The monoisotopic (exact) mass is 235 g/mol. The maximum Gasteiger partial charge on any atom is 0.272 e. The van der Waals surface area contributed by atoms with Gasteiger partial charge in [0.25, 0.3) is 5.91 Å². The van der Waals surface area contributed by atoms with Crippen molar-refractivity contribution in [1.82, 2.24) is 9.88 Å². The number of anilines is 1. The molecule has 1 rings (SSSR count). The van der Waals surface area contributed by atoms with E-state index in [1.807, 2.05) is 20.2 Å². The van der Waals surface area contributed by atoms with Crippen LogP contribution in [0.25, 0.3) is 0 Å².